The van der Waals surface area contributed by atoms with E-state index in [0.29, 0.717) is 6.04 Å². The van der Waals surface area contributed by atoms with Crippen LogP contribution in [0.5, 0.6) is 0 Å². The van der Waals surface area contributed by atoms with Crippen molar-refractivity contribution in [2.75, 3.05) is 18.0 Å². The molecular weight excluding hydrogens is 324 g/mol. The lowest BCUT2D eigenvalue weighted by Crippen LogP contribution is -2.44. The van der Waals surface area contributed by atoms with E-state index in [1.54, 1.807) is 0 Å². The number of carbonyl (C=O) groups excluding carboxylic acids is 1. The van der Waals surface area contributed by atoms with Gasteiger partial charge in [0.05, 0.1) is 11.0 Å². The van der Waals surface area contributed by atoms with Gasteiger partial charge in [-0.15, -0.1) is 0 Å². The molecule has 5 heteroatoms. The maximum Gasteiger partial charge on any atom is 0.223 e. The number of piperidine rings is 1. The summed E-state index contributed by atoms with van der Waals surface area (Å²) in [7, 11) is 0. The van der Waals surface area contributed by atoms with E-state index in [9.17, 15) is 4.79 Å². The maximum absolute atomic E-state index is 12.6. The third kappa shape index (κ3) is 3.44. The summed E-state index contributed by atoms with van der Waals surface area (Å²) in [6.07, 6.45) is 8.00. The molecule has 4 rings (SSSR count). The van der Waals surface area contributed by atoms with Crippen LogP contribution in [0.1, 0.15) is 51.9 Å². The highest BCUT2D eigenvalue weighted by molar-refractivity contribution is 5.80. The van der Waals surface area contributed by atoms with Crippen LogP contribution in [0, 0.1) is 5.92 Å². The predicted molar refractivity (Wildman–Crippen MR) is 105 cm³/mol. The van der Waals surface area contributed by atoms with E-state index >= 15 is 0 Å². The number of para-hydroxylation sites is 2. The van der Waals surface area contributed by atoms with Gasteiger partial charge in [0.25, 0.3) is 0 Å². The fourth-order valence-corrected chi connectivity index (χ4v) is 4.52. The Hall–Kier alpha value is -2.04. The molecule has 2 aromatic rings. The average Bonchev–Trinajstić information content (AvgIpc) is 3.07. The van der Waals surface area contributed by atoms with Crippen molar-refractivity contribution in [2.45, 2.75) is 64.5 Å². The molecule has 5 nitrogen and oxygen atoms in total. The van der Waals surface area contributed by atoms with Gasteiger partial charge in [-0.3, -0.25) is 4.79 Å². The summed E-state index contributed by atoms with van der Waals surface area (Å²) >= 11 is 0. The van der Waals surface area contributed by atoms with Gasteiger partial charge < -0.3 is 14.8 Å². The highest BCUT2D eigenvalue weighted by Gasteiger charge is 2.28. The van der Waals surface area contributed by atoms with Gasteiger partial charge in [-0.1, -0.05) is 31.4 Å². The van der Waals surface area contributed by atoms with Crippen LogP contribution in [0.2, 0.25) is 0 Å². The zero-order chi connectivity index (χ0) is 17.9. The van der Waals surface area contributed by atoms with Crippen LogP contribution in [0.15, 0.2) is 24.3 Å². The first-order valence-electron chi connectivity index (χ1n) is 10.3. The number of benzene rings is 1. The molecule has 0 radical (unpaired) electrons. The van der Waals surface area contributed by atoms with Crippen molar-refractivity contribution in [1.29, 1.82) is 0 Å². The van der Waals surface area contributed by atoms with Gasteiger partial charge in [0.2, 0.25) is 11.9 Å². The molecule has 1 saturated carbocycles. The van der Waals surface area contributed by atoms with E-state index in [1.807, 2.05) is 6.07 Å². The van der Waals surface area contributed by atoms with Crippen LogP contribution in [0.4, 0.5) is 5.95 Å². The molecule has 1 N–H and O–H groups in total. The molecule has 1 saturated heterocycles. The lowest BCUT2D eigenvalue weighted by molar-refractivity contribution is -0.126. The van der Waals surface area contributed by atoms with Gasteiger partial charge >= 0.3 is 0 Å². The first-order valence-corrected chi connectivity index (χ1v) is 10.3. The molecule has 1 aliphatic carbocycles. The molecule has 2 fully saturated rings. The number of aromatic nitrogens is 2. The molecular formula is C21H30N4O. The fraction of sp³-hybridized carbons (Fsp3) is 0.619. The third-order valence-electron chi connectivity index (χ3n) is 6.05. The lowest BCUT2D eigenvalue weighted by Gasteiger charge is -2.33. The topological polar surface area (TPSA) is 50.2 Å². The van der Waals surface area contributed by atoms with Crippen LogP contribution in [-0.2, 0) is 11.3 Å². The van der Waals surface area contributed by atoms with Crippen molar-refractivity contribution in [3.05, 3.63) is 24.3 Å². The minimum Gasteiger partial charge on any atom is -0.353 e. The van der Waals surface area contributed by atoms with E-state index in [4.69, 9.17) is 4.98 Å². The summed E-state index contributed by atoms with van der Waals surface area (Å²) in [5.41, 5.74) is 2.25. The van der Waals surface area contributed by atoms with Crippen molar-refractivity contribution >= 4 is 22.9 Å². The van der Waals surface area contributed by atoms with E-state index < -0.39 is 0 Å². The van der Waals surface area contributed by atoms with Crippen LogP contribution >= 0.6 is 0 Å². The van der Waals surface area contributed by atoms with E-state index in [1.165, 1.54) is 24.8 Å². The smallest absolute Gasteiger partial charge is 0.223 e. The van der Waals surface area contributed by atoms with Gasteiger partial charge in [-0.2, -0.15) is 0 Å². The molecule has 2 heterocycles. The maximum atomic E-state index is 12.6. The molecule has 0 spiro atoms. The van der Waals surface area contributed by atoms with E-state index in [0.717, 1.165) is 56.8 Å². The van der Waals surface area contributed by atoms with Gasteiger partial charge in [-0.25, -0.2) is 4.98 Å². The Morgan fingerprint density at radius 1 is 1.12 bits per heavy atom. The van der Waals surface area contributed by atoms with Gasteiger partial charge in [0.1, 0.15) is 0 Å². The van der Waals surface area contributed by atoms with Crippen LogP contribution in [0.25, 0.3) is 11.0 Å². The molecule has 1 aromatic heterocycles. The first-order chi connectivity index (χ1) is 12.8. The summed E-state index contributed by atoms with van der Waals surface area (Å²) in [5, 5.41) is 3.31. The molecule has 2 aliphatic rings. The summed E-state index contributed by atoms with van der Waals surface area (Å²) in [6, 6.07) is 8.75. The van der Waals surface area contributed by atoms with Crippen LogP contribution < -0.4 is 10.2 Å². The molecule has 140 valence electrons. The number of carbonyl (C=O) groups is 1. The number of nitrogens with zero attached hydrogens (tertiary/aromatic N) is 3. The number of amides is 1. The Balaban J connectivity index is 1.39. The minimum absolute atomic E-state index is 0.160. The number of hydrogen-bond donors (Lipinski definition) is 1. The molecule has 26 heavy (non-hydrogen) atoms. The fourth-order valence-electron chi connectivity index (χ4n) is 4.52. The zero-order valence-corrected chi connectivity index (χ0v) is 15.8. The van der Waals surface area contributed by atoms with Crippen molar-refractivity contribution < 1.29 is 4.79 Å². The molecule has 0 unspecified atom stereocenters. The Bertz CT molecular complexity index is 754. The van der Waals surface area contributed by atoms with Gasteiger partial charge in [0.15, 0.2) is 0 Å². The first kappa shape index (κ1) is 17.4. The Labute approximate surface area is 155 Å². The lowest BCUT2D eigenvalue weighted by atomic mass is 9.92. The number of aryl methyl sites for hydroxylation is 1. The van der Waals surface area contributed by atoms with Crippen molar-refractivity contribution in [3.8, 4) is 0 Å². The second-order valence-electron chi connectivity index (χ2n) is 7.75. The summed E-state index contributed by atoms with van der Waals surface area (Å²) in [4.78, 5) is 19.8. The summed E-state index contributed by atoms with van der Waals surface area (Å²) < 4.78 is 2.29. The number of rotatable bonds is 4. The summed E-state index contributed by atoms with van der Waals surface area (Å²) in [5.74, 6) is 1.49. The number of nitrogens with one attached hydrogen (secondary N) is 1. The average molecular weight is 354 g/mol. The normalized spacial score (nSPS) is 19.8. The Kier molecular flexibility index (Phi) is 5.14. The van der Waals surface area contributed by atoms with Gasteiger partial charge in [0, 0.05) is 31.6 Å². The second kappa shape index (κ2) is 7.68. The van der Waals surface area contributed by atoms with Crippen molar-refractivity contribution in [3.63, 3.8) is 0 Å². The Morgan fingerprint density at radius 2 is 1.85 bits per heavy atom. The predicted octanol–water partition coefficient (Wildman–Crippen LogP) is 3.72. The second-order valence-corrected chi connectivity index (χ2v) is 7.75. The highest BCUT2D eigenvalue weighted by Crippen LogP contribution is 2.27. The zero-order valence-electron chi connectivity index (χ0n) is 15.8. The van der Waals surface area contributed by atoms with Crippen LogP contribution in [0.3, 0.4) is 0 Å². The van der Waals surface area contributed by atoms with Crippen molar-refractivity contribution in [2.24, 2.45) is 5.92 Å². The standard InChI is InChI=1S/C21H30N4O/c1-2-25-19-11-7-6-10-18(19)23-21(25)24-14-12-16(13-15-24)20(26)22-17-8-4-3-5-9-17/h6-7,10-11,16-17H,2-5,8-9,12-15H2,1H3,(H,22,26). The molecule has 1 aromatic carbocycles. The molecule has 0 bridgehead atoms. The van der Waals surface area contributed by atoms with E-state index in [2.05, 4.69) is 39.9 Å². The number of fused-ring (bicyclic) bond motifs is 1. The minimum atomic E-state index is 0.160. The molecule has 0 atom stereocenters. The third-order valence-corrected chi connectivity index (χ3v) is 6.05. The highest BCUT2D eigenvalue weighted by atomic mass is 16.1. The SMILES string of the molecule is CCn1c(N2CCC(C(=O)NC3CCCCC3)CC2)nc2ccccc21. The quantitative estimate of drug-likeness (QED) is 0.910. The molecule has 1 amide bonds. The molecule has 1 aliphatic heterocycles. The monoisotopic (exact) mass is 354 g/mol. The van der Waals surface area contributed by atoms with Crippen LogP contribution in [-0.4, -0.2) is 34.6 Å². The number of anilines is 1. The largest absolute Gasteiger partial charge is 0.353 e. The summed E-state index contributed by atoms with van der Waals surface area (Å²) in [6.45, 7) is 4.90. The van der Waals surface area contributed by atoms with Gasteiger partial charge in [-0.05, 0) is 44.7 Å². The van der Waals surface area contributed by atoms with E-state index in [-0.39, 0.29) is 11.8 Å². The van der Waals surface area contributed by atoms with Crippen molar-refractivity contribution in [1.82, 2.24) is 14.9 Å². The Morgan fingerprint density at radius 3 is 2.58 bits per heavy atom. The number of hydrogen-bond acceptors (Lipinski definition) is 3. The number of imidazole rings is 1.